The van der Waals surface area contributed by atoms with E-state index in [-0.39, 0.29) is 23.2 Å². The second kappa shape index (κ2) is 8.10. The van der Waals surface area contributed by atoms with E-state index in [9.17, 15) is 15.3 Å². The fourth-order valence-electron chi connectivity index (χ4n) is 8.76. The molecule has 0 heterocycles. The Balaban J connectivity index is 1.58. The van der Waals surface area contributed by atoms with Gasteiger partial charge in [0.2, 0.25) is 0 Å². The van der Waals surface area contributed by atoms with Crippen molar-refractivity contribution in [3.05, 3.63) is 11.3 Å². The summed E-state index contributed by atoms with van der Waals surface area (Å²) in [6, 6.07) is 0. The quantitative estimate of drug-likeness (QED) is 0.495. The summed E-state index contributed by atoms with van der Waals surface area (Å²) >= 11 is 0. The highest BCUT2D eigenvalue weighted by atomic mass is 16.3. The van der Waals surface area contributed by atoms with Crippen molar-refractivity contribution in [3.63, 3.8) is 0 Å². The lowest BCUT2D eigenvalue weighted by Gasteiger charge is -2.59. The molecule has 4 aliphatic carbocycles. The zero-order chi connectivity index (χ0) is 21.8. The maximum absolute atomic E-state index is 11.3. The Labute approximate surface area is 184 Å². The third-order valence-electron chi connectivity index (χ3n) is 10.4. The maximum atomic E-state index is 11.3. The van der Waals surface area contributed by atoms with Crippen LogP contribution in [0.1, 0.15) is 98.8 Å². The highest BCUT2D eigenvalue weighted by Crippen LogP contribution is 2.68. The molecule has 3 heteroatoms. The molecule has 3 fully saturated rings. The number of aliphatic hydroxyl groups excluding tert-OH is 3. The SMILES string of the molecule is CC(C)CCC[C@@H](C)[C@H]1CC[C@H]2[C@@H]3C(O)C(O)=C4CC(O)CC[C@]4(C)[C@H]3CC[C@]12C. The maximum Gasteiger partial charge on any atom is 0.121 e. The van der Waals surface area contributed by atoms with E-state index in [2.05, 4.69) is 34.6 Å². The normalized spacial score (nSPS) is 47.1. The number of rotatable bonds is 5. The van der Waals surface area contributed by atoms with Gasteiger partial charge >= 0.3 is 0 Å². The van der Waals surface area contributed by atoms with E-state index < -0.39 is 6.10 Å². The average Bonchev–Trinajstić information content (AvgIpc) is 3.04. The lowest BCUT2D eigenvalue weighted by atomic mass is 9.46. The Morgan fingerprint density at radius 1 is 0.933 bits per heavy atom. The summed E-state index contributed by atoms with van der Waals surface area (Å²) in [5, 5.41) is 32.6. The van der Waals surface area contributed by atoms with Gasteiger partial charge in [-0.1, -0.05) is 53.9 Å². The first-order valence-corrected chi connectivity index (χ1v) is 12.9. The monoisotopic (exact) mass is 418 g/mol. The second-order valence-corrected chi connectivity index (χ2v) is 12.4. The van der Waals surface area contributed by atoms with Crippen molar-refractivity contribution in [2.24, 2.45) is 46.3 Å². The van der Waals surface area contributed by atoms with Crippen molar-refractivity contribution < 1.29 is 15.3 Å². The molecule has 0 aromatic carbocycles. The third-order valence-corrected chi connectivity index (χ3v) is 10.4. The van der Waals surface area contributed by atoms with Gasteiger partial charge in [-0.25, -0.2) is 0 Å². The molecule has 30 heavy (non-hydrogen) atoms. The molecule has 0 radical (unpaired) electrons. The Kier molecular flexibility index (Phi) is 6.12. The first kappa shape index (κ1) is 22.6. The van der Waals surface area contributed by atoms with E-state index in [1.54, 1.807) is 0 Å². The van der Waals surface area contributed by atoms with Crippen LogP contribution in [-0.4, -0.2) is 27.5 Å². The van der Waals surface area contributed by atoms with E-state index in [1.807, 2.05) is 0 Å². The molecule has 2 unspecified atom stereocenters. The van der Waals surface area contributed by atoms with Gasteiger partial charge in [-0.15, -0.1) is 0 Å². The van der Waals surface area contributed by atoms with Gasteiger partial charge in [0.1, 0.15) is 11.9 Å². The molecule has 3 nitrogen and oxygen atoms in total. The van der Waals surface area contributed by atoms with Gasteiger partial charge in [-0.05, 0) is 96.9 Å². The average molecular weight is 419 g/mol. The summed E-state index contributed by atoms with van der Waals surface area (Å²) in [6.45, 7) is 11.9. The summed E-state index contributed by atoms with van der Waals surface area (Å²) in [4.78, 5) is 0. The first-order chi connectivity index (χ1) is 14.1. The van der Waals surface area contributed by atoms with Crippen LogP contribution < -0.4 is 0 Å². The van der Waals surface area contributed by atoms with E-state index in [0.717, 1.165) is 42.6 Å². The molecule has 3 N–H and O–H groups in total. The lowest BCUT2D eigenvalue weighted by molar-refractivity contribution is -0.113. The van der Waals surface area contributed by atoms with Crippen molar-refractivity contribution in [3.8, 4) is 0 Å². The lowest BCUT2D eigenvalue weighted by Crippen LogP contribution is -2.56. The zero-order valence-corrected chi connectivity index (χ0v) is 20.0. The first-order valence-electron chi connectivity index (χ1n) is 12.9. The Bertz CT molecular complexity index is 669. The molecule has 4 rings (SSSR count). The molecule has 9 atom stereocenters. The number of hydrogen-bond donors (Lipinski definition) is 3. The highest BCUT2D eigenvalue weighted by molar-refractivity contribution is 5.31. The smallest absolute Gasteiger partial charge is 0.121 e. The van der Waals surface area contributed by atoms with Gasteiger partial charge in [-0.3, -0.25) is 0 Å². The van der Waals surface area contributed by atoms with Crippen LogP contribution >= 0.6 is 0 Å². The third kappa shape index (κ3) is 3.47. The molecule has 0 saturated heterocycles. The highest BCUT2D eigenvalue weighted by Gasteiger charge is 2.62. The van der Waals surface area contributed by atoms with Crippen LogP contribution in [-0.2, 0) is 0 Å². The standard InChI is InChI=1S/C27H46O3/c1-16(2)7-6-8-17(3)19-9-10-20-23-21(12-14-26(19,20)4)27(5)13-11-18(28)15-22(27)24(29)25(23)30/h16-21,23,25,28-30H,6-15H2,1-5H3/t17-,18?,19-,20+,21+,23+,25?,26-,27-/m1/s1. The molecule has 0 aromatic rings. The fourth-order valence-corrected chi connectivity index (χ4v) is 8.76. The molecule has 172 valence electrons. The van der Waals surface area contributed by atoms with Crippen molar-refractivity contribution in [1.82, 2.24) is 0 Å². The van der Waals surface area contributed by atoms with E-state index in [4.69, 9.17) is 0 Å². The van der Waals surface area contributed by atoms with E-state index in [1.165, 1.54) is 38.5 Å². The summed E-state index contributed by atoms with van der Waals surface area (Å²) in [5.74, 6) is 3.63. The molecule has 0 aliphatic heterocycles. The van der Waals surface area contributed by atoms with Crippen LogP contribution in [0.5, 0.6) is 0 Å². The van der Waals surface area contributed by atoms with Crippen LogP contribution in [0, 0.1) is 46.3 Å². The number of hydrogen-bond acceptors (Lipinski definition) is 3. The van der Waals surface area contributed by atoms with Crippen LogP contribution in [0.25, 0.3) is 0 Å². The van der Waals surface area contributed by atoms with Crippen molar-refractivity contribution in [1.29, 1.82) is 0 Å². The Hall–Kier alpha value is -0.540. The van der Waals surface area contributed by atoms with Crippen LogP contribution in [0.3, 0.4) is 0 Å². The van der Waals surface area contributed by atoms with E-state index in [0.29, 0.717) is 23.7 Å². The van der Waals surface area contributed by atoms with Gasteiger partial charge in [0.25, 0.3) is 0 Å². The van der Waals surface area contributed by atoms with Crippen LogP contribution in [0.2, 0.25) is 0 Å². The molecular weight excluding hydrogens is 372 g/mol. The summed E-state index contributed by atoms with van der Waals surface area (Å²) in [6.07, 6.45) is 10.1. The zero-order valence-electron chi connectivity index (χ0n) is 20.0. The van der Waals surface area contributed by atoms with Crippen molar-refractivity contribution >= 4 is 0 Å². The number of aliphatic hydroxyl groups is 3. The minimum atomic E-state index is -0.733. The molecule has 0 spiro atoms. The van der Waals surface area contributed by atoms with Crippen LogP contribution in [0.4, 0.5) is 0 Å². The molecule has 0 aromatic heterocycles. The van der Waals surface area contributed by atoms with Gasteiger partial charge in [0.05, 0.1) is 6.10 Å². The predicted molar refractivity (Wildman–Crippen MR) is 122 cm³/mol. The van der Waals surface area contributed by atoms with E-state index >= 15 is 0 Å². The van der Waals surface area contributed by atoms with Crippen molar-refractivity contribution in [2.75, 3.05) is 0 Å². The Morgan fingerprint density at radius 2 is 1.67 bits per heavy atom. The largest absolute Gasteiger partial charge is 0.510 e. The molecule has 0 amide bonds. The van der Waals surface area contributed by atoms with Gasteiger partial charge in [0.15, 0.2) is 0 Å². The summed E-state index contributed by atoms with van der Waals surface area (Å²) in [7, 11) is 0. The van der Waals surface area contributed by atoms with Crippen LogP contribution in [0.15, 0.2) is 11.3 Å². The Morgan fingerprint density at radius 3 is 2.37 bits per heavy atom. The van der Waals surface area contributed by atoms with Gasteiger partial charge in [-0.2, -0.15) is 0 Å². The molecule has 4 aliphatic rings. The van der Waals surface area contributed by atoms with Gasteiger partial charge < -0.3 is 15.3 Å². The van der Waals surface area contributed by atoms with Crippen molar-refractivity contribution in [2.45, 2.75) is 111 Å². The molecular formula is C27H46O3. The summed E-state index contributed by atoms with van der Waals surface area (Å²) < 4.78 is 0. The molecule has 3 saturated carbocycles. The second-order valence-electron chi connectivity index (χ2n) is 12.4. The minimum Gasteiger partial charge on any atom is -0.510 e. The number of fused-ring (bicyclic) bond motifs is 5. The van der Waals surface area contributed by atoms with Gasteiger partial charge in [0, 0.05) is 0 Å². The molecule has 0 bridgehead atoms. The summed E-state index contributed by atoms with van der Waals surface area (Å²) in [5.41, 5.74) is 1.22. The topological polar surface area (TPSA) is 60.7 Å². The minimum absolute atomic E-state index is 0.0461. The fraction of sp³-hybridized carbons (Fsp3) is 0.926. The predicted octanol–water partition coefficient (Wildman–Crippen LogP) is 6.25.